The summed E-state index contributed by atoms with van der Waals surface area (Å²) in [5.41, 5.74) is 3.00. The largest absolute Gasteiger partial charge is 0.501 e. The lowest BCUT2D eigenvalue weighted by Crippen LogP contribution is -2.28. The molecule has 0 heterocycles. The Morgan fingerprint density at radius 2 is 1.57 bits per heavy atom. The van der Waals surface area contributed by atoms with E-state index >= 15 is 0 Å². The average molecular weight is 471 g/mol. The second-order valence-electron chi connectivity index (χ2n) is 9.96. The van der Waals surface area contributed by atoms with Gasteiger partial charge >= 0.3 is 0 Å². The number of hydrogen-bond acceptors (Lipinski definition) is 4. The quantitative estimate of drug-likeness (QED) is 0.403. The molecule has 4 atom stereocenters. The smallest absolute Gasteiger partial charge is 0.193 e. The first-order valence-electron chi connectivity index (χ1n) is 12.4. The van der Waals surface area contributed by atoms with E-state index in [9.17, 15) is 9.59 Å². The van der Waals surface area contributed by atoms with Crippen molar-refractivity contribution in [1.82, 2.24) is 0 Å². The SMILES string of the molecule is COC1=CC(C)C(C(=O)c2cccc(C(=O)c3ccc(OC4=CC=C(C)CC4C)cc3)c2)CC1C. The number of rotatable bonds is 7. The molecule has 4 nitrogen and oxygen atoms in total. The fourth-order valence-corrected chi connectivity index (χ4v) is 5.05. The van der Waals surface area contributed by atoms with E-state index < -0.39 is 0 Å². The molecule has 4 heteroatoms. The predicted octanol–water partition coefficient (Wildman–Crippen LogP) is 7.17. The van der Waals surface area contributed by atoms with Crippen molar-refractivity contribution in [3.63, 3.8) is 0 Å². The second-order valence-corrected chi connectivity index (χ2v) is 9.96. The standard InChI is InChI=1S/C31H34O4/c1-19-9-14-28(21(3)15-19)35-26-12-10-23(11-13-26)30(32)24-7-6-8-25(18-24)31(33)27-16-22(4)29(34-5)17-20(27)2/h6-14,17-18,20-22,27H,15-16H2,1-5H3. The molecule has 2 aliphatic carbocycles. The van der Waals surface area contributed by atoms with E-state index in [0.717, 1.165) is 24.4 Å². The van der Waals surface area contributed by atoms with Gasteiger partial charge in [0.1, 0.15) is 11.5 Å². The van der Waals surface area contributed by atoms with Gasteiger partial charge in [0.15, 0.2) is 11.6 Å². The summed E-state index contributed by atoms with van der Waals surface area (Å²) >= 11 is 0. The van der Waals surface area contributed by atoms with E-state index in [0.29, 0.717) is 28.4 Å². The summed E-state index contributed by atoms with van der Waals surface area (Å²) in [5.74, 6) is 3.03. The Morgan fingerprint density at radius 3 is 2.26 bits per heavy atom. The van der Waals surface area contributed by atoms with E-state index in [4.69, 9.17) is 9.47 Å². The highest BCUT2D eigenvalue weighted by Gasteiger charge is 2.32. The molecular formula is C31H34O4. The van der Waals surface area contributed by atoms with Crippen molar-refractivity contribution in [2.24, 2.45) is 23.7 Å². The van der Waals surface area contributed by atoms with Gasteiger partial charge in [-0.25, -0.2) is 0 Å². The number of carbonyl (C=O) groups is 2. The minimum atomic E-state index is -0.124. The van der Waals surface area contributed by atoms with Crippen LogP contribution in [0.3, 0.4) is 0 Å². The van der Waals surface area contributed by atoms with Crippen molar-refractivity contribution >= 4 is 11.6 Å². The molecule has 2 aliphatic rings. The Labute approximate surface area is 208 Å². The molecule has 0 radical (unpaired) electrons. The van der Waals surface area contributed by atoms with Crippen LogP contribution < -0.4 is 4.74 Å². The maximum atomic E-state index is 13.3. The zero-order valence-electron chi connectivity index (χ0n) is 21.2. The fraction of sp³-hybridized carbons (Fsp3) is 0.355. The van der Waals surface area contributed by atoms with Gasteiger partial charge < -0.3 is 9.47 Å². The minimum absolute atomic E-state index is 0.0771. The third kappa shape index (κ3) is 5.48. The van der Waals surface area contributed by atoms with Crippen molar-refractivity contribution in [2.75, 3.05) is 7.11 Å². The van der Waals surface area contributed by atoms with Gasteiger partial charge in [-0.2, -0.15) is 0 Å². The molecule has 0 saturated carbocycles. The molecule has 0 N–H and O–H groups in total. The Hall–Kier alpha value is -3.40. The summed E-state index contributed by atoms with van der Waals surface area (Å²) in [5, 5.41) is 0. The van der Waals surface area contributed by atoms with Crippen LogP contribution in [0.4, 0.5) is 0 Å². The molecule has 182 valence electrons. The van der Waals surface area contributed by atoms with Crippen LogP contribution in [-0.2, 0) is 4.74 Å². The van der Waals surface area contributed by atoms with Crippen LogP contribution in [0.15, 0.2) is 83.9 Å². The van der Waals surface area contributed by atoms with Crippen LogP contribution in [0.2, 0.25) is 0 Å². The van der Waals surface area contributed by atoms with Gasteiger partial charge in [-0.1, -0.05) is 50.6 Å². The van der Waals surface area contributed by atoms with Crippen LogP contribution >= 0.6 is 0 Å². The van der Waals surface area contributed by atoms with Crippen LogP contribution in [-0.4, -0.2) is 18.7 Å². The monoisotopic (exact) mass is 470 g/mol. The summed E-state index contributed by atoms with van der Waals surface area (Å²) in [4.78, 5) is 26.5. The van der Waals surface area contributed by atoms with Gasteiger partial charge in [0.25, 0.3) is 0 Å². The lowest BCUT2D eigenvalue weighted by molar-refractivity contribution is 0.0846. The number of allylic oxidation sites excluding steroid dienone is 6. The molecule has 0 spiro atoms. The summed E-state index contributed by atoms with van der Waals surface area (Å²) in [6, 6.07) is 14.3. The fourth-order valence-electron chi connectivity index (χ4n) is 5.05. The zero-order chi connectivity index (χ0) is 25.1. The molecule has 0 aliphatic heterocycles. The average Bonchev–Trinajstić information content (AvgIpc) is 2.86. The molecular weight excluding hydrogens is 436 g/mol. The minimum Gasteiger partial charge on any atom is -0.501 e. The number of methoxy groups -OCH3 is 1. The Balaban J connectivity index is 1.48. The van der Waals surface area contributed by atoms with E-state index in [1.807, 2.05) is 25.1 Å². The molecule has 35 heavy (non-hydrogen) atoms. The van der Waals surface area contributed by atoms with Crippen LogP contribution in [0.5, 0.6) is 5.75 Å². The number of benzene rings is 2. The molecule has 2 aromatic carbocycles. The highest BCUT2D eigenvalue weighted by atomic mass is 16.5. The van der Waals surface area contributed by atoms with Gasteiger partial charge in [-0.15, -0.1) is 0 Å². The predicted molar refractivity (Wildman–Crippen MR) is 138 cm³/mol. The molecule has 0 amide bonds. The third-order valence-electron chi connectivity index (χ3n) is 7.13. The normalized spacial score (nSPS) is 24.1. The third-order valence-corrected chi connectivity index (χ3v) is 7.13. The Morgan fingerprint density at radius 1 is 0.857 bits per heavy atom. The summed E-state index contributed by atoms with van der Waals surface area (Å²) in [6.45, 7) is 8.40. The van der Waals surface area contributed by atoms with Crippen molar-refractivity contribution in [2.45, 2.75) is 40.5 Å². The maximum Gasteiger partial charge on any atom is 0.193 e. The number of ketones is 2. The lowest BCUT2D eigenvalue weighted by Gasteiger charge is -2.30. The van der Waals surface area contributed by atoms with E-state index in [1.165, 1.54) is 5.57 Å². The first-order chi connectivity index (χ1) is 16.8. The summed E-state index contributed by atoms with van der Waals surface area (Å²) in [7, 11) is 1.68. The van der Waals surface area contributed by atoms with Crippen molar-refractivity contribution in [1.29, 1.82) is 0 Å². The van der Waals surface area contributed by atoms with E-state index in [2.05, 4.69) is 32.9 Å². The van der Waals surface area contributed by atoms with Gasteiger partial charge in [-0.05, 0) is 68.2 Å². The molecule has 0 saturated heterocycles. The van der Waals surface area contributed by atoms with Gasteiger partial charge in [0.2, 0.25) is 0 Å². The van der Waals surface area contributed by atoms with Crippen LogP contribution in [0.25, 0.3) is 0 Å². The summed E-state index contributed by atoms with van der Waals surface area (Å²) < 4.78 is 11.5. The van der Waals surface area contributed by atoms with E-state index in [-0.39, 0.29) is 29.3 Å². The highest BCUT2D eigenvalue weighted by molar-refractivity contribution is 6.10. The first-order valence-corrected chi connectivity index (χ1v) is 12.4. The van der Waals surface area contributed by atoms with Gasteiger partial charge in [0.05, 0.1) is 12.9 Å². The molecule has 0 aromatic heterocycles. The van der Waals surface area contributed by atoms with Gasteiger partial charge in [-0.3, -0.25) is 9.59 Å². The number of ether oxygens (including phenoxy) is 2. The Bertz CT molecular complexity index is 1200. The molecule has 0 fully saturated rings. The summed E-state index contributed by atoms with van der Waals surface area (Å²) in [6.07, 6.45) is 7.88. The number of Topliss-reactive ketones (excluding diaryl/α,β-unsaturated/α-hetero) is 1. The number of carbonyl (C=O) groups excluding carboxylic acids is 2. The van der Waals surface area contributed by atoms with Crippen molar-refractivity contribution < 1.29 is 19.1 Å². The number of hydrogen-bond donors (Lipinski definition) is 0. The van der Waals surface area contributed by atoms with Crippen LogP contribution in [0, 0.1) is 23.7 Å². The molecule has 0 bridgehead atoms. The molecule has 4 unspecified atom stereocenters. The van der Waals surface area contributed by atoms with Crippen LogP contribution in [0.1, 0.15) is 66.8 Å². The van der Waals surface area contributed by atoms with E-state index in [1.54, 1.807) is 43.5 Å². The topological polar surface area (TPSA) is 52.6 Å². The lowest BCUT2D eigenvalue weighted by atomic mass is 9.75. The second kappa shape index (κ2) is 10.5. The molecule has 2 aromatic rings. The first kappa shape index (κ1) is 24.7. The maximum absolute atomic E-state index is 13.3. The zero-order valence-corrected chi connectivity index (χ0v) is 21.2. The van der Waals surface area contributed by atoms with Crippen molar-refractivity contribution in [3.8, 4) is 5.75 Å². The Kier molecular flexibility index (Phi) is 7.39. The highest BCUT2D eigenvalue weighted by Crippen LogP contribution is 2.35. The van der Waals surface area contributed by atoms with Crippen molar-refractivity contribution in [3.05, 3.63) is 101 Å². The van der Waals surface area contributed by atoms with Gasteiger partial charge in [0, 0.05) is 34.4 Å². The molecule has 4 rings (SSSR count).